The number of phosphoric ester groups is 2. The molecule has 0 spiro atoms. The summed E-state index contributed by atoms with van der Waals surface area (Å²) in [5.74, 6) is 0.141. The summed E-state index contributed by atoms with van der Waals surface area (Å²) < 4.78 is 68.6. The van der Waals surface area contributed by atoms with Crippen LogP contribution in [0.5, 0.6) is 0 Å². The second-order valence-corrected chi connectivity index (χ2v) is 32.2. The summed E-state index contributed by atoms with van der Waals surface area (Å²) in [6.45, 7) is 11.9. The van der Waals surface area contributed by atoms with E-state index in [9.17, 15) is 43.2 Å². The Hall–Kier alpha value is -1.94. The highest BCUT2D eigenvalue weighted by Crippen LogP contribution is 2.45. The van der Waals surface area contributed by atoms with E-state index in [4.69, 9.17) is 37.0 Å². The molecule has 0 saturated carbocycles. The second-order valence-electron chi connectivity index (χ2n) is 29.3. The molecule has 0 aromatic rings. The van der Waals surface area contributed by atoms with E-state index in [0.29, 0.717) is 25.7 Å². The first-order valence-electron chi connectivity index (χ1n) is 40.4. The standard InChI is InChI=1S/C78H152O17P2/c1-8-10-11-12-13-14-15-16-17-18-19-20-21-24-28-33-38-47-54-61-77(82)94-73(65-88-75(80)59-52-45-37-32-27-25-22-23-26-30-35-42-49-56-69(3)4)67-92-96(84,85)90-63-72(79)64-91-97(86,87)93-68-74(66-89-76(81)60-53-46-41-40-44-51-58-71(7)9-2)95-78(83)62-55-48-39-34-29-31-36-43-50-57-70(5)6/h69-74,79H,8-68H2,1-7H3,(H,84,85)(H,86,87)/t71?,72-,73-,74-/m1/s1. The fourth-order valence-electron chi connectivity index (χ4n) is 11.9. The van der Waals surface area contributed by atoms with Gasteiger partial charge in [-0.1, -0.05) is 350 Å². The molecule has 0 fully saturated rings. The topological polar surface area (TPSA) is 237 Å². The largest absolute Gasteiger partial charge is 0.472 e. The highest BCUT2D eigenvalue weighted by atomic mass is 31.2. The number of aliphatic hydroxyl groups excluding tert-OH is 1. The van der Waals surface area contributed by atoms with Crippen molar-refractivity contribution in [3.05, 3.63) is 0 Å². The number of phosphoric acid groups is 2. The van der Waals surface area contributed by atoms with Crippen LogP contribution >= 0.6 is 15.6 Å². The van der Waals surface area contributed by atoms with Gasteiger partial charge in [0, 0.05) is 25.7 Å². The third-order valence-electron chi connectivity index (χ3n) is 18.5. The molecule has 576 valence electrons. The molecule has 19 heteroatoms. The number of ether oxygens (including phenoxy) is 4. The minimum Gasteiger partial charge on any atom is -0.462 e. The maximum Gasteiger partial charge on any atom is 0.472 e. The van der Waals surface area contributed by atoms with Crippen molar-refractivity contribution in [3.63, 3.8) is 0 Å². The molecule has 0 aromatic carbocycles. The fourth-order valence-corrected chi connectivity index (χ4v) is 13.5. The van der Waals surface area contributed by atoms with Crippen LogP contribution in [0.3, 0.4) is 0 Å². The molecule has 6 atom stereocenters. The average molecular weight is 1420 g/mol. The number of rotatable bonds is 76. The van der Waals surface area contributed by atoms with Crippen LogP contribution < -0.4 is 0 Å². The lowest BCUT2D eigenvalue weighted by Crippen LogP contribution is -2.30. The Kier molecular flexibility index (Phi) is 67.1. The molecule has 0 amide bonds. The summed E-state index contributed by atoms with van der Waals surface area (Å²) in [6, 6.07) is 0. The summed E-state index contributed by atoms with van der Waals surface area (Å²) >= 11 is 0. The predicted octanol–water partition coefficient (Wildman–Crippen LogP) is 23.0. The summed E-state index contributed by atoms with van der Waals surface area (Å²) in [7, 11) is -9.92. The van der Waals surface area contributed by atoms with Crippen molar-refractivity contribution < 1.29 is 80.2 Å². The molecule has 0 heterocycles. The van der Waals surface area contributed by atoms with E-state index in [0.717, 1.165) is 114 Å². The molecule has 17 nitrogen and oxygen atoms in total. The quantitative estimate of drug-likeness (QED) is 0.0222. The van der Waals surface area contributed by atoms with Crippen LogP contribution in [0.4, 0.5) is 0 Å². The van der Waals surface area contributed by atoms with E-state index in [1.807, 2.05) is 0 Å². The van der Waals surface area contributed by atoms with Gasteiger partial charge in [0.25, 0.3) is 0 Å². The molecule has 0 rings (SSSR count). The molecule has 0 aromatic heterocycles. The van der Waals surface area contributed by atoms with Gasteiger partial charge in [-0.25, -0.2) is 9.13 Å². The van der Waals surface area contributed by atoms with Gasteiger partial charge in [0.2, 0.25) is 0 Å². The van der Waals surface area contributed by atoms with Crippen molar-refractivity contribution >= 4 is 39.5 Å². The Morgan fingerprint density at radius 3 is 0.784 bits per heavy atom. The smallest absolute Gasteiger partial charge is 0.462 e. The zero-order valence-corrected chi connectivity index (χ0v) is 65.3. The van der Waals surface area contributed by atoms with Crippen LogP contribution in [0.2, 0.25) is 0 Å². The Morgan fingerprint density at radius 1 is 0.299 bits per heavy atom. The lowest BCUT2D eigenvalue weighted by atomic mass is 10.00. The number of hydrogen-bond acceptors (Lipinski definition) is 15. The van der Waals surface area contributed by atoms with E-state index in [2.05, 4.69) is 48.5 Å². The summed E-state index contributed by atoms with van der Waals surface area (Å²) in [5.41, 5.74) is 0. The van der Waals surface area contributed by atoms with Gasteiger partial charge in [-0.3, -0.25) is 37.3 Å². The number of carbonyl (C=O) groups excluding carboxylic acids is 4. The SMILES string of the molecule is CCCCCCCCCCCCCCCCCCCCCC(=O)O[C@H](COC(=O)CCCCCCCCCCCCCCCC(C)C)COP(=O)(O)OC[C@@H](O)COP(=O)(O)OC[C@@H](COC(=O)CCCCCCCCC(C)CC)OC(=O)CCCCCCCCCCCC(C)C. The van der Waals surface area contributed by atoms with Gasteiger partial charge in [-0.15, -0.1) is 0 Å². The molecular formula is C78H152O17P2. The normalized spacial score (nSPS) is 14.3. The van der Waals surface area contributed by atoms with Crippen LogP contribution in [-0.4, -0.2) is 96.7 Å². The zero-order valence-electron chi connectivity index (χ0n) is 63.5. The molecule has 0 aliphatic rings. The molecule has 3 unspecified atom stereocenters. The van der Waals surface area contributed by atoms with Crippen LogP contribution in [0, 0.1) is 17.8 Å². The molecule has 3 N–H and O–H groups in total. The summed E-state index contributed by atoms with van der Waals surface area (Å²) in [6.07, 6.45) is 55.6. The zero-order chi connectivity index (χ0) is 71.6. The van der Waals surface area contributed by atoms with Crippen molar-refractivity contribution in [3.8, 4) is 0 Å². The van der Waals surface area contributed by atoms with E-state index in [-0.39, 0.29) is 25.7 Å². The minimum atomic E-state index is -4.96. The van der Waals surface area contributed by atoms with Crippen LogP contribution in [-0.2, 0) is 65.4 Å². The highest BCUT2D eigenvalue weighted by Gasteiger charge is 2.30. The van der Waals surface area contributed by atoms with Gasteiger partial charge in [-0.05, 0) is 43.4 Å². The number of esters is 4. The predicted molar refractivity (Wildman–Crippen MR) is 395 cm³/mol. The molecular weight excluding hydrogens is 1270 g/mol. The van der Waals surface area contributed by atoms with E-state index < -0.39 is 97.5 Å². The van der Waals surface area contributed by atoms with Crippen LogP contribution in [0.25, 0.3) is 0 Å². The van der Waals surface area contributed by atoms with E-state index in [1.54, 1.807) is 0 Å². The molecule has 0 aliphatic carbocycles. The first kappa shape index (κ1) is 95.1. The summed E-state index contributed by atoms with van der Waals surface area (Å²) in [5, 5.41) is 10.6. The number of unbranched alkanes of at least 4 members (excludes halogenated alkanes) is 43. The van der Waals surface area contributed by atoms with Gasteiger partial charge in [0.1, 0.15) is 19.3 Å². The maximum atomic E-state index is 13.1. The minimum absolute atomic E-state index is 0.104. The van der Waals surface area contributed by atoms with Gasteiger partial charge in [-0.2, -0.15) is 0 Å². The van der Waals surface area contributed by atoms with Gasteiger partial charge in [0.15, 0.2) is 12.2 Å². The monoisotopic (exact) mass is 1420 g/mol. The Balaban J connectivity index is 5.24. The molecule has 0 bridgehead atoms. The number of hydrogen-bond donors (Lipinski definition) is 3. The van der Waals surface area contributed by atoms with Gasteiger partial charge in [0.05, 0.1) is 26.4 Å². The summed E-state index contributed by atoms with van der Waals surface area (Å²) in [4.78, 5) is 72.9. The van der Waals surface area contributed by atoms with Gasteiger partial charge < -0.3 is 33.8 Å². The number of aliphatic hydroxyl groups is 1. The molecule has 97 heavy (non-hydrogen) atoms. The molecule has 0 radical (unpaired) electrons. The van der Waals surface area contributed by atoms with Crippen molar-refractivity contribution in [2.75, 3.05) is 39.6 Å². The average Bonchev–Trinajstić information content (AvgIpc) is 0.972. The Bertz CT molecular complexity index is 1890. The van der Waals surface area contributed by atoms with Crippen molar-refractivity contribution in [1.29, 1.82) is 0 Å². The first-order valence-corrected chi connectivity index (χ1v) is 43.4. The van der Waals surface area contributed by atoms with E-state index in [1.165, 1.54) is 205 Å². The van der Waals surface area contributed by atoms with E-state index >= 15 is 0 Å². The van der Waals surface area contributed by atoms with Crippen molar-refractivity contribution in [1.82, 2.24) is 0 Å². The third kappa shape index (κ3) is 70.9. The number of carbonyl (C=O) groups is 4. The van der Waals surface area contributed by atoms with Gasteiger partial charge >= 0.3 is 39.5 Å². The second kappa shape index (κ2) is 68.5. The first-order chi connectivity index (χ1) is 46.8. The lowest BCUT2D eigenvalue weighted by molar-refractivity contribution is -0.161. The van der Waals surface area contributed by atoms with Crippen LogP contribution in [0.1, 0.15) is 402 Å². The van der Waals surface area contributed by atoms with Crippen molar-refractivity contribution in [2.45, 2.75) is 420 Å². The highest BCUT2D eigenvalue weighted by molar-refractivity contribution is 7.47. The third-order valence-corrected chi connectivity index (χ3v) is 20.4. The lowest BCUT2D eigenvalue weighted by Gasteiger charge is -2.21. The van der Waals surface area contributed by atoms with Crippen molar-refractivity contribution in [2.24, 2.45) is 17.8 Å². The fraction of sp³-hybridized carbons (Fsp3) is 0.949. The molecule has 0 saturated heterocycles. The maximum absolute atomic E-state index is 13.1. The molecule has 0 aliphatic heterocycles. The Labute approximate surface area is 594 Å². The Morgan fingerprint density at radius 2 is 0.526 bits per heavy atom. The van der Waals surface area contributed by atoms with Crippen LogP contribution in [0.15, 0.2) is 0 Å².